The Labute approximate surface area is 147 Å². The Morgan fingerprint density at radius 3 is 2.56 bits per heavy atom. The summed E-state index contributed by atoms with van der Waals surface area (Å²) >= 11 is 0. The number of rotatable bonds is 3. The molecular formula is C19H20N2O3S. The molecular weight excluding hydrogens is 336 g/mol. The van der Waals surface area contributed by atoms with E-state index in [9.17, 15) is 13.2 Å². The van der Waals surface area contributed by atoms with Gasteiger partial charge in [0.05, 0.1) is 16.2 Å². The number of hydrogen-bond donors (Lipinski definition) is 2. The Morgan fingerprint density at radius 2 is 1.84 bits per heavy atom. The third kappa shape index (κ3) is 2.85. The van der Waals surface area contributed by atoms with Crippen LogP contribution in [0.5, 0.6) is 0 Å². The summed E-state index contributed by atoms with van der Waals surface area (Å²) in [5, 5.41) is 6.07. The molecule has 4 rings (SSSR count). The van der Waals surface area contributed by atoms with E-state index in [0.29, 0.717) is 16.5 Å². The van der Waals surface area contributed by atoms with E-state index in [4.69, 9.17) is 0 Å². The van der Waals surface area contributed by atoms with E-state index in [1.807, 2.05) is 13.0 Å². The van der Waals surface area contributed by atoms with Gasteiger partial charge in [0.2, 0.25) is 15.7 Å². The van der Waals surface area contributed by atoms with Crippen LogP contribution in [0.2, 0.25) is 0 Å². The molecule has 5 nitrogen and oxygen atoms in total. The van der Waals surface area contributed by atoms with Gasteiger partial charge in [-0.05, 0) is 72.8 Å². The third-order valence-electron chi connectivity index (χ3n) is 5.06. The number of sulfone groups is 1. The lowest BCUT2D eigenvalue weighted by molar-refractivity contribution is -0.115. The highest BCUT2D eigenvalue weighted by molar-refractivity contribution is 7.91. The predicted molar refractivity (Wildman–Crippen MR) is 95.6 cm³/mol. The summed E-state index contributed by atoms with van der Waals surface area (Å²) in [5.74, 6) is 0.351. The van der Waals surface area contributed by atoms with E-state index < -0.39 is 9.84 Å². The topological polar surface area (TPSA) is 75.3 Å². The number of anilines is 1. The number of benzene rings is 2. The lowest BCUT2D eigenvalue weighted by atomic mass is 9.94. The smallest absolute Gasteiger partial charge is 0.228 e. The Morgan fingerprint density at radius 1 is 1.08 bits per heavy atom. The molecule has 2 aliphatic heterocycles. The van der Waals surface area contributed by atoms with E-state index >= 15 is 0 Å². The molecule has 0 aliphatic carbocycles. The maximum atomic E-state index is 13.0. The molecule has 25 heavy (non-hydrogen) atoms. The van der Waals surface area contributed by atoms with Crippen molar-refractivity contribution in [1.82, 2.24) is 5.32 Å². The molecule has 1 unspecified atom stereocenters. The molecule has 2 heterocycles. The van der Waals surface area contributed by atoms with Gasteiger partial charge in [-0.15, -0.1) is 0 Å². The van der Waals surface area contributed by atoms with Crippen LogP contribution in [0.3, 0.4) is 0 Å². The van der Waals surface area contributed by atoms with Crippen molar-refractivity contribution in [2.45, 2.75) is 35.5 Å². The zero-order chi connectivity index (χ0) is 17.6. The number of aryl methyl sites for hydroxylation is 1. The number of amides is 1. The monoisotopic (exact) mass is 356 g/mol. The minimum absolute atomic E-state index is 0.102. The van der Waals surface area contributed by atoms with Crippen molar-refractivity contribution in [2.24, 2.45) is 0 Å². The number of carbonyl (C=O) groups excluding carboxylic acids is 1. The van der Waals surface area contributed by atoms with Crippen LogP contribution >= 0.6 is 0 Å². The molecule has 0 radical (unpaired) electrons. The lowest BCUT2D eigenvalue weighted by Crippen LogP contribution is -2.09. The van der Waals surface area contributed by atoms with Crippen molar-refractivity contribution in [2.75, 3.05) is 18.4 Å². The third-order valence-corrected chi connectivity index (χ3v) is 6.81. The summed E-state index contributed by atoms with van der Waals surface area (Å²) in [5.41, 5.74) is 3.65. The molecule has 1 saturated heterocycles. The minimum Gasteiger partial charge on any atom is -0.326 e. The van der Waals surface area contributed by atoms with Crippen LogP contribution in [-0.4, -0.2) is 27.4 Å². The highest BCUT2D eigenvalue weighted by Crippen LogP contribution is 2.31. The summed E-state index contributed by atoms with van der Waals surface area (Å²) < 4.78 is 26.0. The molecule has 1 fully saturated rings. The lowest BCUT2D eigenvalue weighted by Gasteiger charge is -2.14. The summed E-state index contributed by atoms with van der Waals surface area (Å²) in [6.45, 7) is 3.92. The zero-order valence-corrected chi connectivity index (χ0v) is 14.8. The number of carbonyl (C=O) groups is 1. The van der Waals surface area contributed by atoms with Crippen LogP contribution in [-0.2, 0) is 21.1 Å². The minimum atomic E-state index is -3.60. The summed E-state index contributed by atoms with van der Waals surface area (Å²) in [4.78, 5) is 12.0. The fourth-order valence-electron chi connectivity index (χ4n) is 3.70. The molecule has 2 N–H and O–H groups in total. The Bertz CT molecular complexity index is 961. The molecule has 0 spiro atoms. The van der Waals surface area contributed by atoms with E-state index in [1.165, 1.54) is 5.56 Å². The first-order valence-corrected chi connectivity index (χ1v) is 9.92. The Hall–Kier alpha value is -2.18. The first-order chi connectivity index (χ1) is 11.9. The molecule has 1 atom stereocenters. The van der Waals surface area contributed by atoms with Gasteiger partial charge in [0.15, 0.2) is 0 Å². The number of fused-ring (bicyclic) bond motifs is 1. The summed E-state index contributed by atoms with van der Waals surface area (Å²) in [6, 6.07) is 10.2. The van der Waals surface area contributed by atoms with E-state index in [0.717, 1.165) is 30.6 Å². The van der Waals surface area contributed by atoms with Crippen LogP contribution in [0.25, 0.3) is 0 Å². The Kier molecular flexibility index (Phi) is 3.89. The first kappa shape index (κ1) is 16.3. The van der Waals surface area contributed by atoms with Gasteiger partial charge in [-0.25, -0.2) is 8.42 Å². The normalized spacial score (nSPS) is 19.7. The average Bonchev–Trinajstić information content (AvgIpc) is 3.22. The highest BCUT2D eigenvalue weighted by atomic mass is 32.2. The van der Waals surface area contributed by atoms with E-state index in [1.54, 1.807) is 30.3 Å². The van der Waals surface area contributed by atoms with Gasteiger partial charge in [0, 0.05) is 12.2 Å². The van der Waals surface area contributed by atoms with E-state index in [2.05, 4.69) is 10.6 Å². The average molecular weight is 356 g/mol. The summed E-state index contributed by atoms with van der Waals surface area (Å²) in [6.07, 6.45) is 1.31. The SMILES string of the molecule is Cc1cc(S(=O)(=O)c2ccc3c(c2)CC(=O)N3)ccc1C1CCNC1. The molecule has 1 amide bonds. The molecule has 2 aromatic rings. The maximum Gasteiger partial charge on any atom is 0.228 e. The van der Waals surface area contributed by atoms with Gasteiger partial charge < -0.3 is 10.6 Å². The van der Waals surface area contributed by atoms with Crippen molar-refractivity contribution in [3.63, 3.8) is 0 Å². The maximum absolute atomic E-state index is 13.0. The second-order valence-electron chi connectivity index (χ2n) is 6.76. The molecule has 0 aromatic heterocycles. The van der Waals surface area contributed by atoms with Crippen LogP contribution in [0.15, 0.2) is 46.2 Å². The molecule has 0 saturated carbocycles. The van der Waals surface area contributed by atoms with Crippen LogP contribution in [0.4, 0.5) is 5.69 Å². The van der Waals surface area contributed by atoms with Crippen LogP contribution in [0, 0.1) is 6.92 Å². The molecule has 2 aromatic carbocycles. The van der Waals surface area contributed by atoms with Crippen molar-refractivity contribution in [3.05, 3.63) is 53.1 Å². The van der Waals surface area contributed by atoms with Gasteiger partial charge in [-0.3, -0.25) is 4.79 Å². The van der Waals surface area contributed by atoms with Crippen molar-refractivity contribution in [1.29, 1.82) is 0 Å². The van der Waals surface area contributed by atoms with Crippen molar-refractivity contribution >= 4 is 21.4 Å². The fraction of sp³-hybridized carbons (Fsp3) is 0.316. The van der Waals surface area contributed by atoms with Gasteiger partial charge >= 0.3 is 0 Å². The van der Waals surface area contributed by atoms with Gasteiger partial charge in [0.1, 0.15) is 0 Å². The predicted octanol–water partition coefficient (Wildman–Crippen LogP) is 2.40. The second-order valence-corrected chi connectivity index (χ2v) is 8.71. The number of hydrogen-bond acceptors (Lipinski definition) is 4. The van der Waals surface area contributed by atoms with Gasteiger partial charge in [-0.2, -0.15) is 0 Å². The zero-order valence-electron chi connectivity index (χ0n) is 14.0. The molecule has 130 valence electrons. The molecule has 6 heteroatoms. The fourth-order valence-corrected chi connectivity index (χ4v) is 5.10. The van der Waals surface area contributed by atoms with E-state index in [-0.39, 0.29) is 17.2 Å². The molecule has 2 aliphatic rings. The quantitative estimate of drug-likeness (QED) is 0.885. The largest absolute Gasteiger partial charge is 0.326 e. The second kappa shape index (κ2) is 5.97. The van der Waals surface area contributed by atoms with Crippen molar-refractivity contribution in [3.8, 4) is 0 Å². The summed E-state index contributed by atoms with van der Waals surface area (Å²) in [7, 11) is -3.60. The molecule has 0 bridgehead atoms. The standard InChI is InChI=1S/C19H20N2O3S/c1-12-8-15(2-4-17(12)13-6-7-20-11-13)25(23,24)16-3-5-18-14(9-16)10-19(22)21-18/h2-5,8-9,13,20H,6-7,10-11H2,1H3,(H,21,22). The van der Waals surface area contributed by atoms with Gasteiger partial charge in [0.25, 0.3) is 0 Å². The first-order valence-electron chi connectivity index (χ1n) is 8.44. The number of nitrogens with one attached hydrogen (secondary N) is 2. The van der Waals surface area contributed by atoms with Crippen LogP contribution in [0.1, 0.15) is 29.0 Å². The van der Waals surface area contributed by atoms with Crippen molar-refractivity contribution < 1.29 is 13.2 Å². The van der Waals surface area contributed by atoms with Crippen LogP contribution < -0.4 is 10.6 Å². The van der Waals surface area contributed by atoms with Gasteiger partial charge in [-0.1, -0.05) is 6.07 Å². The highest BCUT2D eigenvalue weighted by Gasteiger charge is 2.25. The Balaban J connectivity index is 1.70.